The Labute approximate surface area is 109 Å². The maximum atomic E-state index is 4.71. The summed E-state index contributed by atoms with van der Waals surface area (Å²) < 4.78 is 0. The molecular weight excluding hydrogens is 224 g/mol. The van der Waals surface area contributed by atoms with Crippen LogP contribution in [-0.2, 0) is 12.8 Å². The van der Waals surface area contributed by atoms with Crippen LogP contribution in [0.25, 0.3) is 0 Å². The number of aromatic nitrogens is 2. The Morgan fingerprint density at radius 3 is 2.83 bits per heavy atom. The van der Waals surface area contributed by atoms with Gasteiger partial charge in [-0.05, 0) is 31.4 Å². The van der Waals surface area contributed by atoms with E-state index in [9.17, 15) is 0 Å². The largest absolute Gasteiger partial charge is 0.351 e. The highest BCUT2D eigenvalue weighted by molar-refractivity contribution is 5.31. The molecule has 0 amide bonds. The van der Waals surface area contributed by atoms with Gasteiger partial charge in [0, 0.05) is 25.2 Å². The second kappa shape index (κ2) is 5.65. The van der Waals surface area contributed by atoms with Crippen LogP contribution >= 0.6 is 0 Å². The lowest BCUT2D eigenvalue weighted by atomic mass is 9.96. The number of hydrogen-bond donors (Lipinski definition) is 2. The molecule has 1 fully saturated rings. The van der Waals surface area contributed by atoms with Crippen LogP contribution in [0.15, 0.2) is 6.20 Å². The highest BCUT2D eigenvalue weighted by atomic mass is 15.1. The van der Waals surface area contributed by atoms with Gasteiger partial charge in [-0.3, -0.25) is 0 Å². The van der Waals surface area contributed by atoms with E-state index in [1.807, 2.05) is 6.20 Å². The maximum absolute atomic E-state index is 4.71. The third kappa shape index (κ3) is 2.80. The number of anilines is 1. The van der Waals surface area contributed by atoms with Crippen molar-refractivity contribution in [2.24, 2.45) is 0 Å². The zero-order valence-electron chi connectivity index (χ0n) is 10.9. The summed E-state index contributed by atoms with van der Waals surface area (Å²) in [7, 11) is 0. The van der Waals surface area contributed by atoms with Crippen LogP contribution in [-0.4, -0.2) is 29.1 Å². The van der Waals surface area contributed by atoms with Gasteiger partial charge in [0.2, 0.25) is 5.95 Å². The molecule has 1 aromatic rings. The fraction of sp³-hybridized carbons (Fsp3) is 0.714. The zero-order chi connectivity index (χ0) is 12.2. The van der Waals surface area contributed by atoms with Crippen LogP contribution in [0, 0.1) is 0 Å². The summed E-state index contributed by atoms with van der Waals surface area (Å²) in [5.74, 6) is 0.836. The molecule has 0 aromatic carbocycles. The van der Waals surface area contributed by atoms with E-state index in [2.05, 4.69) is 15.6 Å². The van der Waals surface area contributed by atoms with Gasteiger partial charge in [-0.25, -0.2) is 9.97 Å². The molecule has 2 N–H and O–H groups in total. The first-order valence-corrected chi connectivity index (χ1v) is 7.24. The normalized spacial score (nSPS) is 21.1. The van der Waals surface area contributed by atoms with Crippen LogP contribution in [0.5, 0.6) is 0 Å². The number of nitrogens with zero attached hydrogens (tertiary/aromatic N) is 2. The lowest BCUT2D eigenvalue weighted by Gasteiger charge is -2.23. The van der Waals surface area contributed by atoms with E-state index in [1.165, 1.54) is 43.4 Å². The van der Waals surface area contributed by atoms with Crippen molar-refractivity contribution in [1.29, 1.82) is 0 Å². The van der Waals surface area contributed by atoms with Crippen molar-refractivity contribution in [3.63, 3.8) is 0 Å². The van der Waals surface area contributed by atoms with Crippen molar-refractivity contribution in [2.75, 3.05) is 18.4 Å². The molecular formula is C14H22N4. The van der Waals surface area contributed by atoms with Gasteiger partial charge in [-0.1, -0.05) is 19.3 Å². The molecule has 0 bridgehead atoms. The number of fused-ring (bicyclic) bond motifs is 1. The Bertz CT molecular complexity index is 399. The van der Waals surface area contributed by atoms with E-state index in [0.29, 0.717) is 6.04 Å². The van der Waals surface area contributed by atoms with Crippen molar-refractivity contribution >= 4 is 5.95 Å². The molecule has 1 aliphatic carbocycles. The van der Waals surface area contributed by atoms with E-state index >= 15 is 0 Å². The molecule has 2 heterocycles. The predicted octanol–water partition coefficient (Wildman–Crippen LogP) is 1.91. The lowest BCUT2D eigenvalue weighted by molar-refractivity contribution is 0.460. The minimum atomic E-state index is 0.584. The molecule has 98 valence electrons. The van der Waals surface area contributed by atoms with Crippen molar-refractivity contribution in [1.82, 2.24) is 15.3 Å². The Hall–Kier alpha value is -1.16. The Kier molecular flexibility index (Phi) is 3.74. The quantitative estimate of drug-likeness (QED) is 0.837. The van der Waals surface area contributed by atoms with Crippen LogP contribution in [0.4, 0.5) is 5.95 Å². The first-order valence-electron chi connectivity index (χ1n) is 7.24. The van der Waals surface area contributed by atoms with E-state index < -0.39 is 0 Å². The zero-order valence-corrected chi connectivity index (χ0v) is 10.9. The first kappa shape index (κ1) is 11.9. The average Bonchev–Trinajstić information content (AvgIpc) is 2.64. The second-order valence-electron chi connectivity index (χ2n) is 5.39. The van der Waals surface area contributed by atoms with Gasteiger partial charge in [0.15, 0.2) is 0 Å². The number of nitrogens with one attached hydrogen (secondary N) is 2. The summed E-state index contributed by atoms with van der Waals surface area (Å²) in [6.07, 6.45) is 10.7. The maximum Gasteiger partial charge on any atom is 0.223 e. The Balaban J connectivity index is 1.70. The van der Waals surface area contributed by atoms with Gasteiger partial charge in [-0.2, -0.15) is 0 Å². The van der Waals surface area contributed by atoms with Crippen molar-refractivity contribution in [3.05, 3.63) is 17.5 Å². The minimum absolute atomic E-state index is 0.584. The summed E-state index contributed by atoms with van der Waals surface area (Å²) in [5, 5.41) is 6.92. The fourth-order valence-corrected chi connectivity index (χ4v) is 2.92. The summed E-state index contributed by atoms with van der Waals surface area (Å²) in [6, 6.07) is 0.584. The van der Waals surface area contributed by atoms with Gasteiger partial charge >= 0.3 is 0 Å². The SMILES string of the molecule is c1nc(NC2CCCCC2)nc2c1CCNCC2. The van der Waals surface area contributed by atoms with Crippen molar-refractivity contribution < 1.29 is 0 Å². The van der Waals surface area contributed by atoms with Crippen LogP contribution < -0.4 is 10.6 Å². The molecule has 0 unspecified atom stereocenters. The molecule has 2 aliphatic rings. The molecule has 0 radical (unpaired) electrons. The molecule has 4 heteroatoms. The molecule has 0 atom stereocenters. The predicted molar refractivity (Wildman–Crippen MR) is 72.8 cm³/mol. The second-order valence-corrected chi connectivity index (χ2v) is 5.39. The minimum Gasteiger partial charge on any atom is -0.351 e. The molecule has 4 nitrogen and oxygen atoms in total. The van der Waals surface area contributed by atoms with Gasteiger partial charge in [0.1, 0.15) is 0 Å². The smallest absolute Gasteiger partial charge is 0.223 e. The molecule has 3 rings (SSSR count). The van der Waals surface area contributed by atoms with Gasteiger partial charge in [0.25, 0.3) is 0 Å². The average molecular weight is 246 g/mol. The van der Waals surface area contributed by atoms with E-state index in [0.717, 1.165) is 31.9 Å². The molecule has 18 heavy (non-hydrogen) atoms. The lowest BCUT2D eigenvalue weighted by Crippen LogP contribution is -2.24. The van der Waals surface area contributed by atoms with E-state index in [-0.39, 0.29) is 0 Å². The first-order chi connectivity index (χ1) is 8.92. The van der Waals surface area contributed by atoms with Crippen molar-refractivity contribution in [3.8, 4) is 0 Å². The molecule has 1 aromatic heterocycles. The number of hydrogen-bond acceptors (Lipinski definition) is 4. The Morgan fingerprint density at radius 1 is 1.11 bits per heavy atom. The summed E-state index contributed by atoms with van der Waals surface area (Å²) >= 11 is 0. The number of rotatable bonds is 2. The van der Waals surface area contributed by atoms with Gasteiger partial charge in [0.05, 0.1) is 5.69 Å². The summed E-state index contributed by atoms with van der Waals surface area (Å²) in [6.45, 7) is 2.08. The third-order valence-corrected chi connectivity index (χ3v) is 4.00. The molecule has 1 aliphatic heterocycles. The molecule has 1 saturated carbocycles. The standard InChI is InChI=1S/C14H22N4/c1-2-4-12(5-3-1)17-14-16-10-11-6-8-15-9-7-13(11)18-14/h10,12,15H,1-9H2,(H,16,17,18). The third-order valence-electron chi connectivity index (χ3n) is 4.00. The molecule has 0 saturated heterocycles. The van der Waals surface area contributed by atoms with Crippen LogP contribution in [0.2, 0.25) is 0 Å². The summed E-state index contributed by atoms with van der Waals surface area (Å²) in [5.41, 5.74) is 2.54. The molecule has 0 spiro atoms. The Morgan fingerprint density at radius 2 is 1.94 bits per heavy atom. The fourth-order valence-electron chi connectivity index (χ4n) is 2.92. The van der Waals surface area contributed by atoms with E-state index in [1.54, 1.807) is 0 Å². The monoisotopic (exact) mass is 246 g/mol. The highest BCUT2D eigenvalue weighted by Gasteiger charge is 2.15. The highest BCUT2D eigenvalue weighted by Crippen LogP contribution is 2.20. The van der Waals surface area contributed by atoms with Gasteiger partial charge in [-0.15, -0.1) is 0 Å². The van der Waals surface area contributed by atoms with E-state index in [4.69, 9.17) is 4.98 Å². The topological polar surface area (TPSA) is 49.8 Å². The van der Waals surface area contributed by atoms with Crippen molar-refractivity contribution in [2.45, 2.75) is 51.0 Å². The summed E-state index contributed by atoms with van der Waals surface area (Å²) in [4.78, 5) is 9.18. The van der Waals surface area contributed by atoms with Crippen LogP contribution in [0.3, 0.4) is 0 Å². The van der Waals surface area contributed by atoms with Crippen LogP contribution in [0.1, 0.15) is 43.4 Å². The van der Waals surface area contributed by atoms with Gasteiger partial charge < -0.3 is 10.6 Å².